The van der Waals surface area contributed by atoms with Gasteiger partial charge >= 0.3 is 142 Å². The van der Waals surface area contributed by atoms with E-state index in [9.17, 15) is 21.8 Å². The van der Waals surface area contributed by atoms with E-state index in [4.69, 9.17) is 10.5 Å². The molecule has 1 amide bonds. The zero-order valence-electron chi connectivity index (χ0n) is 21.0. The summed E-state index contributed by atoms with van der Waals surface area (Å²) in [5, 5.41) is 11.3. The molecule has 9 nitrogen and oxygen atoms in total. The van der Waals surface area contributed by atoms with Crippen molar-refractivity contribution in [3.05, 3.63) is 84.1 Å². The molecule has 6 N–H and O–H groups in total. The molecule has 0 fully saturated rings. The van der Waals surface area contributed by atoms with E-state index in [1.54, 1.807) is 24.3 Å². The number of phenolic OH excluding ortho intramolecular Hbond substituents is 1. The molecule has 0 aliphatic rings. The van der Waals surface area contributed by atoms with Crippen molar-refractivity contribution in [3.8, 4) is 11.5 Å². The standard InChI is InChI=1S/C16H18AsNO6.C11H14N2/c1-11(19)18(10-12-5-3-4-6-16(12)24-2)14-9-13(17(21,22)23)7-8-15(14)20;1-8(12)6-9-7-13-11-5-3-2-4-10(9)11/h3-9,20H,10H2,1-2H3,(H2,21,22,23);2-5,7-8,13H,6,12H2,1H3. The first-order valence-corrected chi connectivity index (χ1v) is 15.0. The second-order valence-corrected chi connectivity index (χ2v) is 12.0. The zero-order valence-corrected chi connectivity index (χ0v) is 22.8. The van der Waals surface area contributed by atoms with Crippen LogP contribution in [-0.4, -0.2) is 51.5 Å². The predicted octanol–water partition coefficient (Wildman–Crippen LogP) is 2.57. The Kier molecular flexibility index (Phi) is 9.23. The number of nitrogens with zero attached hydrogens (tertiary/aromatic N) is 1. The number of methoxy groups -OCH3 is 1. The van der Waals surface area contributed by atoms with Crippen LogP contribution in [0.2, 0.25) is 0 Å². The first-order chi connectivity index (χ1) is 17.5. The fourth-order valence-electron chi connectivity index (χ4n) is 3.93. The van der Waals surface area contributed by atoms with Gasteiger partial charge in [-0.1, -0.05) is 18.2 Å². The molecule has 1 atom stereocenters. The SMILES string of the molecule is CC(N)Cc1c[nH]c2ccccc12.COc1ccccc1CN(C(C)=O)c1cc([As](=O)(O)O)ccc1O. The summed E-state index contributed by atoms with van der Waals surface area (Å²) in [4.78, 5) is 16.5. The van der Waals surface area contributed by atoms with Gasteiger partial charge in [0, 0.05) is 23.1 Å². The van der Waals surface area contributed by atoms with Crippen LogP contribution >= 0.6 is 0 Å². The Morgan fingerprint density at radius 1 is 1.08 bits per heavy atom. The number of hydrogen-bond donors (Lipinski definition) is 5. The normalized spacial score (nSPS) is 11.9. The minimum absolute atomic E-state index is 0.0376. The van der Waals surface area contributed by atoms with Gasteiger partial charge in [0.1, 0.15) is 0 Å². The van der Waals surface area contributed by atoms with Crippen LogP contribution in [0.4, 0.5) is 5.69 Å². The Morgan fingerprint density at radius 2 is 1.76 bits per heavy atom. The number of ether oxygens (including phenoxy) is 1. The van der Waals surface area contributed by atoms with Crippen LogP contribution in [0.1, 0.15) is 25.0 Å². The number of nitrogens with two attached hydrogens (primary N) is 1. The molecule has 196 valence electrons. The van der Waals surface area contributed by atoms with Crippen molar-refractivity contribution in [1.82, 2.24) is 4.98 Å². The van der Waals surface area contributed by atoms with Crippen LogP contribution in [0.3, 0.4) is 0 Å². The molecular formula is C27H32AsN3O6. The first kappa shape index (κ1) is 28.1. The van der Waals surface area contributed by atoms with Gasteiger partial charge in [0.05, 0.1) is 0 Å². The number of aromatic amines is 1. The van der Waals surface area contributed by atoms with Gasteiger partial charge < -0.3 is 10.7 Å². The maximum atomic E-state index is 12.0. The minimum atomic E-state index is -5.15. The summed E-state index contributed by atoms with van der Waals surface area (Å²) in [7, 11) is 1.51. The Morgan fingerprint density at radius 3 is 2.41 bits per heavy atom. The molecule has 10 heteroatoms. The van der Waals surface area contributed by atoms with E-state index in [-0.39, 0.29) is 34.3 Å². The Balaban J connectivity index is 0.000000244. The Bertz CT molecular complexity index is 1410. The summed E-state index contributed by atoms with van der Waals surface area (Å²) in [6.45, 7) is 3.43. The fraction of sp³-hybridized carbons (Fsp3) is 0.222. The molecule has 0 radical (unpaired) electrons. The van der Waals surface area contributed by atoms with Crippen LogP contribution < -0.4 is 19.7 Å². The molecule has 0 spiro atoms. The second kappa shape index (κ2) is 12.2. The third-order valence-corrected chi connectivity index (χ3v) is 7.70. The molecule has 37 heavy (non-hydrogen) atoms. The van der Waals surface area contributed by atoms with Crippen molar-refractivity contribution >= 4 is 41.0 Å². The van der Waals surface area contributed by atoms with Gasteiger partial charge in [0.15, 0.2) is 0 Å². The van der Waals surface area contributed by atoms with Gasteiger partial charge in [-0.25, -0.2) is 0 Å². The fourth-order valence-corrected chi connectivity index (χ4v) is 5.10. The van der Waals surface area contributed by atoms with Gasteiger partial charge in [-0.15, -0.1) is 0 Å². The molecule has 1 aromatic heterocycles. The molecule has 4 aromatic rings. The van der Waals surface area contributed by atoms with Crippen molar-refractivity contribution in [1.29, 1.82) is 0 Å². The van der Waals surface area contributed by atoms with Crippen molar-refractivity contribution in [3.63, 3.8) is 0 Å². The molecule has 1 heterocycles. The number of H-pyrrole nitrogens is 1. The molecule has 0 aliphatic carbocycles. The average Bonchev–Trinajstić information content (AvgIpc) is 3.25. The Hall–Kier alpha value is -3.49. The van der Waals surface area contributed by atoms with Gasteiger partial charge in [-0.2, -0.15) is 0 Å². The molecular weight excluding hydrogens is 537 g/mol. The first-order valence-electron chi connectivity index (χ1n) is 11.6. The van der Waals surface area contributed by atoms with Crippen molar-refractivity contribution in [2.75, 3.05) is 12.0 Å². The maximum absolute atomic E-state index is 12.0. The van der Waals surface area contributed by atoms with Crippen LogP contribution in [0, 0.1) is 0 Å². The number of rotatable bonds is 7. The number of aromatic hydroxyl groups is 1. The summed E-state index contributed by atoms with van der Waals surface area (Å²) >= 11 is -5.15. The van der Waals surface area contributed by atoms with E-state index in [0.717, 1.165) is 18.6 Å². The van der Waals surface area contributed by atoms with E-state index < -0.39 is 14.2 Å². The van der Waals surface area contributed by atoms with E-state index in [1.165, 1.54) is 41.5 Å². The second-order valence-electron chi connectivity index (χ2n) is 8.67. The molecule has 0 saturated heterocycles. The van der Waals surface area contributed by atoms with E-state index in [1.807, 2.05) is 19.2 Å². The quantitative estimate of drug-likeness (QED) is 0.215. The number of para-hydroxylation sites is 2. The van der Waals surface area contributed by atoms with Gasteiger partial charge in [0.25, 0.3) is 0 Å². The number of aromatic nitrogens is 1. The number of carbonyl (C=O) groups excluding carboxylic acids is 1. The molecule has 3 aromatic carbocycles. The van der Waals surface area contributed by atoms with Crippen molar-refractivity contribution < 1.29 is 26.6 Å². The van der Waals surface area contributed by atoms with Crippen LogP contribution in [0.5, 0.6) is 11.5 Å². The molecule has 1 unspecified atom stereocenters. The zero-order chi connectivity index (χ0) is 27.2. The number of hydrogen-bond acceptors (Lipinski definition) is 5. The van der Waals surface area contributed by atoms with E-state index >= 15 is 0 Å². The summed E-state index contributed by atoms with van der Waals surface area (Å²) < 4.78 is 35.3. The number of nitrogens with one attached hydrogen (secondary N) is 1. The van der Waals surface area contributed by atoms with Gasteiger partial charge in [0.2, 0.25) is 0 Å². The number of amides is 1. The third-order valence-electron chi connectivity index (χ3n) is 5.70. The monoisotopic (exact) mass is 569 g/mol. The van der Waals surface area contributed by atoms with Crippen LogP contribution in [0.15, 0.2) is 72.9 Å². The number of benzene rings is 3. The molecule has 4 rings (SSSR count). The summed E-state index contributed by atoms with van der Waals surface area (Å²) in [6.07, 6.45) is 2.98. The average molecular weight is 569 g/mol. The Labute approximate surface area is 218 Å². The van der Waals surface area contributed by atoms with Gasteiger partial charge in [-0.05, 0) is 25.0 Å². The summed E-state index contributed by atoms with van der Waals surface area (Å²) in [5.41, 5.74) is 9.00. The van der Waals surface area contributed by atoms with Crippen molar-refractivity contribution in [2.45, 2.75) is 32.9 Å². The third kappa shape index (κ3) is 7.27. The topological polar surface area (TPSA) is 149 Å². The van der Waals surface area contributed by atoms with E-state index in [0.29, 0.717) is 11.3 Å². The predicted molar refractivity (Wildman–Crippen MR) is 144 cm³/mol. The number of carbonyl (C=O) groups is 1. The molecule has 0 bridgehead atoms. The number of fused-ring (bicyclic) bond motifs is 1. The molecule has 0 saturated carbocycles. The number of anilines is 1. The molecule has 0 aliphatic heterocycles. The summed E-state index contributed by atoms with van der Waals surface area (Å²) in [5.74, 6) is -0.0577. The van der Waals surface area contributed by atoms with Crippen LogP contribution in [-0.2, 0) is 21.5 Å². The van der Waals surface area contributed by atoms with Crippen LogP contribution in [0.25, 0.3) is 10.9 Å². The van der Waals surface area contributed by atoms with Gasteiger partial charge in [-0.3, -0.25) is 0 Å². The number of phenols is 1. The van der Waals surface area contributed by atoms with E-state index in [2.05, 4.69) is 23.2 Å². The van der Waals surface area contributed by atoms with Crippen molar-refractivity contribution in [2.24, 2.45) is 5.73 Å². The summed E-state index contributed by atoms with van der Waals surface area (Å²) in [6, 6.07) is 19.1.